The zero-order valence-corrected chi connectivity index (χ0v) is 8.97. The normalized spacial score (nSPS) is 24.3. The molecule has 1 fully saturated rings. The van der Waals surface area contributed by atoms with Gasteiger partial charge in [-0.15, -0.1) is 0 Å². The molecule has 2 rings (SSSR count). The van der Waals surface area contributed by atoms with Gasteiger partial charge in [-0.3, -0.25) is 4.79 Å². The summed E-state index contributed by atoms with van der Waals surface area (Å²) in [5.41, 5.74) is 5.61. The van der Waals surface area contributed by atoms with E-state index in [1.807, 2.05) is 13.8 Å². The van der Waals surface area contributed by atoms with E-state index < -0.39 is 0 Å². The number of nitrogens with one attached hydrogen (secondary N) is 1. The number of aromatic nitrogens is 2. The Hall–Kier alpha value is -1.36. The van der Waals surface area contributed by atoms with Gasteiger partial charge < -0.3 is 11.1 Å². The van der Waals surface area contributed by atoms with Crippen molar-refractivity contribution in [3.8, 4) is 0 Å². The van der Waals surface area contributed by atoms with Gasteiger partial charge in [-0.05, 0) is 20.3 Å². The lowest BCUT2D eigenvalue weighted by molar-refractivity contribution is -0.117. The van der Waals surface area contributed by atoms with E-state index in [2.05, 4.69) is 10.4 Å². The molecule has 1 aliphatic carbocycles. The molecule has 5 nitrogen and oxygen atoms in total. The van der Waals surface area contributed by atoms with Crippen LogP contribution in [0.5, 0.6) is 0 Å². The SMILES string of the molecule is CC(C)n1nccc1NC(=O)C1CC1N. The molecular weight excluding hydrogens is 192 g/mol. The second kappa shape index (κ2) is 3.66. The molecule has 0 saturated heterocycles. The molecule has 1 saturated carbocycles. The largest absolute Gasteiger partial charge is 0.327 e. The first-order chi connectivity index (χ1) is 7.09. The molecule has 82 valence electrons. The topological polar surface area (TPSA) is 72.9 Å². The predicted molar refractivity (Wildman–Crippen MR) is 57.3 cm³/mol. The molecule has 2 atom stereocenters. The van der Waals surface area contributed by atoms with Gasteiger partial charge in [0.05, 0.1) is 12.1 Å². The van der Waals surface area contributed by atoms with Crippen molar-refractivity contribution in [2.24, 2.45) is 11.7 Å². The lowest BCUT2D eigenvalue weighted by Crippen LogP contribution is -2.21. The van der Waals surface area contributed by atoms with E-state index in [1.54, 1.807) is 16.9 Å². The maximum Gasteiger partial charge on any atom is 0.230 e. The number of rotatable bonds is 3. The summed E-state index contributed by atoms with van der Waals surface area (Å²) in [6.07, 6.45) is 2.48. The van der Waals surface area contributed by atoms with Gasteiger partial charge in [0.1, 0.15) is 5.82 Å². The fourth-order valence-electron chi connectivity index (χ4n) is 1.56. The Morgan fingerprint density at radius 3 is 2.93 bits per heavy atom. The molecule has 1 aromatic rings. The van der Waals surface area contributed by atoms with Crippen LogP contribution in [-0.4, -0.2) is 21.7 Å². The van der Waals surface area contributed by atoms with Crippen LogP contribution in [0.25, 0.3) is 0 Å². The Balaban J connectivity index is 2.04. The summed E-state index contributed by atoms with van der Waals surface area (Å²) in [6.45, 7) is 4.04. The van der Waals surface area contributed by atoms with Gasteiger partial charge in [-0.2, -0.15) is 5.10 Å². The molecule has 1 aliphatic rings. The Bertz CT molecular complexity index is 371. The summed E-state index contributed by atoms with van der Waals surface area (Å²) in [4.78, 5) is 11.6. The lowest BCUT2D eigenvalue weighted by Gasteiger charge is -2.11. The van der Waals surface area contributed by atoms with Crippen molar-refractivity contribution in [1.82, 2.24) is 9.78 Å². The van der Waals surface area contributed by atoms with Crippen LogP contribution in [0.3, 0.4) is 0 Å². The van der Waals surface area contributed by atoms with Crippen molar-refractivity contribution < 1.29 is 4.79 Å². The van der Waals surface area contributed by atoms with Crippen molar-refractivity contribution in [1.29, 1.82) is 0 Å². The summed E-state index contributed by atoms with van der Waals surface area (Å²) in [5, 5.41) is 6.98. The van der Waals surface area contributed by atoms with E-state index in [4.69, 9.17) is 5.73 Å². The van der Waals surface area contributed by atoms with Crippen LogP contribution in [-0.2, 0) is 4.79 Å². The Morgan fingerprint density at radius 1 is 1.73 bits per heavy atom. The van der Waals surface area contributed by atoms with Crippen LogP contribution >= 0.6 is 0 Å². The highest BCUT2D eigenvalue weighted by Gasteiger charge is 2.40. The van der Waals surface area contributed by atoms with Crippen molar-refractivity contribution in [2.75, 3.05) is 5.32 Å². The summed E-state index contributed by atoms with van der Waals surface area (Å²) >= 11 is 0. The van der Waals surface area contributed by atoms with Gasteiger partial charge in [0.15, 0.2) is 0 Å². The van der Waals surface area contributed by atoms with Crippen LogP contribution < -0.4 is 11.1 Å². The minimum absolute atomic E-state index is 0.00454. The minimum atomic E-state index is -0.0134. The fourth-order valence-corrected chi connectivity index (χ4v) is 1.56. The summed E-state index contributed by atoms with van der Waals surface area (Å²) < 4.78 is 1.78. The Labute approximate surface area is 88.6 Å². The summed E-state index contributed by atoms with van der Waals surface area (Å²) in [5.74, 6) is 0.736. The molecule has 0 bridgehead atoms. The van der Waals surface area contributed by atoms with Gasteiger partial charge in [-0.25, -0.2) is 4.68 Å². The Kier molecular flexibility index (Phi) is 2.48. The second-order valence-electron chi connectivity index (χ2n) is 4.25. The molecule has 3 N–H and O–H groups in total. The molecule has 0 aromatic carbocycles. The molecule has 1 amide bonds. The van der Waals surface area contributed by atoms with Gasteiger partial charge in [0, 0.05) is 18.2 Å². The van der Waals surface area contributed by atoms with Crippen LogP contribution in [0, 0.1) is 5.92 Å². The van der Waals surface area contributed by atoms with E-state index >= 15 is 0 Å². The van der Waals surface area contributed by atoms with Gasteiger partial charge in [0.2, 0.25) is 5.91 Å². The third-order valence-electron chi connectivity index (χ3n) is 2.59. The maximum atomic E-state index is 11.6. The highest BCUT2D eigenvalue weighted by atomic mass is 16.2. The number of nitrogens with two attached hydrogens (primary N) is 1. The number of carbonyl (C=O) groups excluding carboxylic acids is 1. The zero-order chi connectivity index (χ0) is 11.0. The summed E-state index contributed by atoms with van der Waals surface area (Å²) in [6, 6.07) is 2.08. The first kappa shape index (κ1) is 10.2. The average molecular weight is 208 g/mol. The Morgan fingerprint density at radius 2 is 2.40 bits per heavy atom. The molecule has 0 spiro atoms. The molecule has 1 aromatic heterocycles. The van der Waals surface area contributed by atoms with Crippen molar-refractivity contribution in [3.63, 3.8) is 0 Å². The third kappa shape index (κ3) is 2.02. The van der Waals surface area contributed by atoms with Crippen LogP contribution in [0.4, 0.5) is 5.82 Å². The number of hydrogen-bond donors (Lipinski definition) is 2. The van der Waals surface area contributed by atoms with E-state index in [0.29, 0.717) is 0 Å². The molecule has 0 radical (unpaired) electrons. The molecule has 2 unspecified atom stereocenters. The van der Waals surface area contributed by atoms with E-state index in [1.165, 1.54) is 0 Å². The average Bonchev–Trinajstić information content (AvgIpc) is 2.73. The number of amides is 1. The minimum Gasteiger partial charge on any atom is -0.327 e. The smallest absolute Gasteiger partial charge is 0.230 e. The molecular formula is C10H16N4O. The first-order valence-electron chi connectivity index (χ1n) is 5.19. The fraction of sp³-hybridized carbons (Fsp3) is 0.600. The van der Waals surface area contributed by atoms with Gasteiger partial charge in [0.25, 0.3) is 0 Å². The van der Waals surface area contributed by atoms with Crippen LogP contribution in [0.15, 0.2) is 12.3 Å². The third-order valence-corrected chi connectivity index (χ3v) is 2.59. The molecule has 1 heterocycles. The summed E-state index contributed by atoms with van der Waals surface area (Å²) in [7, 11) is 0. The quantitative estimate of drug-likeness (QED) is 0.769. The maximum absolute atomic E-state index is 11.6. The number of carbonyl (C=O) groups is 1. The molecule has 15 heavy (non-hydrogen) atoms. The van der Waals surface area contributed by atoms with Gasteiger partial charge in [-0.1, -0.05) is 0 Å². The van der Waals surface area contributed by atoms with E-state index in [0.717, 1.165) is 12.2 Å². The zero-order valence-electron chi connectivity index (χ0n) is 8.97. The highest BCUT2D eigenvalue weighted by Crippen LogP contribution is 2.29. The predicted octanol–water partition coefficient (Wildman–Crippen LogP) is 0.750. The number of anilines is 1. The van der Waals surface area contributed by atoms with E-state index in [9.17, 15) is 4.79 Å². The monoisotopic (exact) mass is 208 g/mol. The van der Waals surface area contributed by atoms with Crippen molar-refractivity contribution in [2.45, 2.75) is 32.4 Å². The van der Waals surface area contributed by atoms with Gasteiger partial charge >= 0.3 is 0 Å². The highest BCUT2D eigenvalue weighted by molar-refractivity contribution is 5.94. The molecule has 5 heteroatoms. The van der Waals surface area contributed by atoms with Crippen LogP contribution in [0.2, 0.25) is 0 Å². The first-order valence-corrected chi connectivity index (χ1v) is 5.19. The van der Waals surface area contributed by atoms with Crippen molar-refractivity contribution in [3.05, 3.63) is 12.3 Å². The van der Waals surface area contributed by atoms with Crippen molar-refractivity contribution >= 4 is 11.7 Å². The number of nitrogens with zero attached hydrogens (tertiary/aromatic N) is 2. The second-order valence-corrected chi connectivity index (χ2v) is 4.25. The lowest BCUT2D eigenvalue weighted by atomic mass is 10.3. The van der Waals surface area contributed by atoms with E-state index in [-0.39, 0.29) is 23.9 Å². The van der Waals surface area contributed by atoms with Crippen LogP contribution in [0.1, 0.15) is 26.3 Å². The standard InChI is InChI=1S/C10H16N4O/c1-6(2)14-9(3-4-12-14)13-10(15)7-5-8(7)11/h3-4,6-8H,5,11H2,1-2H3,(H,13,15). The molecule has 0 aliphatic heterocycles. The number of hydrogen-bond acceptors (Lipinski definition) is 3.